The molecule has 1 unspecified atom stereocenters. The van der Waals surface area contributed by atoms with E-state index in [0.717, 1.165) is 30.1 Å². The van der Waals surface area contributed by atoms with Gasteiger partial charge in [0.2, 0.25) is 0 Å². The third-order valence-corrected chi connectivity index (χ3v) is 3.29. The van der Waals surface area contributed by atoms with E-state index in [-0.39, 0.29) is 6.04 Å². The molecule has 2 nitrogen and oxygen atoms in total. The Labute approximate surface area is 119 Å². The largest absolute Gasteiger partial charge is 0.308 e. The minimum atomic E-state index is 0.252. The van der Waals surface area contributed by atoms with Crippen LogP contribution in [0.3, 0.4) is 0 Å². The Kier molecular flexibility index (Phi) is 5.37. The second-order valence-electron chi connectivity index (χ2n) is 4.59. The van der Waals surface area contributed by atoms with Gasteiger partial charge in [0.15, 0.2) is 0 Å². The molecule has 2 aromatic rings. The topological polar surface area (TPSA) is 24.9 Å². The predicted molar refractivity (Wildman–Crippen MR) is 80.4 cm³/mol. The van der Waals surface area contributed by atoms with Crippen LogP contribution >= 0.6 is 11.6 Å². The van der Waals surface area contributed by atoms with Crippen molar-refractivity contribution in [2.24, 2.45) is 0 Å². The zero-order valence-electron chi connectivity index (χ0n) is 11.1. The lowest BCUT2D eigenvalue weighted by atomic mass is 10.0. The molecule has 2 rings (SSSR count). The van der Waals surface area contributed by atoms with Crippen LogP contribution in [0.2, 0.25) is 5.02 Å². The molecule has 0 saturated carbocycles. The summed E-state index contributed by atoms with van der Waals surface area (Å²) < 4.78 is 0. The second kappa shape index (κ2) is 7.27. The fraction of sp³-hybridized carbons (Fsp3) is 0.312. The first-order chi connectivity index (χ1) is 9.29. The van der Waals surface area contributed by atoms with E-state index in [1.54, 1.807) is 0 Å². The zero-order chi connectivity index (χ0) is 13.5. The number of benzene rings is 1. The van der Waals surface area contributed by atoms with E-state index in [1.807, 2.05) is 30.5 Å². The zero-order valence-corrected chi connectivity index (χ0v) is 11.9. The van der Waals surface area contributed by atoms with Crippen molar-refractivity contribution in [3.8, 4) is 0 Å². The highest BCUT2D eigenvalue weighted by Crippen LogP contribution is 2.18. The summed E-state index contributed by atoms with van der Waals surface area (Å²) in [6.07, 6.45) is 3.88. The van der Waals surface area contributed by atoms with Gasteiger partial charge in [-0.1, -0.05) is 36.7 Å². The van der Waals surface area contributed by atoms with Gasteiger partial charge in [-0.25, -0.2) is 0 Å². The Morgan fingerprint density at radius 3 is 2.58 bits per heavy atom. The van der Waals surface area contributed by atoms with Gasteiger partial charge in [0, 0.05) is 11.2 Å². The lowest BCUT2D eigenvalue weighted by Gasteiger charge is -2.18. The summed E-state index contributed by atoms with van der Waals surface area (Å²) in [7, 11) is 0. The van der Waals surface area contributed by atoms with Crippen LogP contribution in [0.5, 0.6) is 0 Å². The van der Waals surface area contributed by atoms with E-state index < -0.39 is 0 Å². The molecule has 0 aliphatic rings. The first-order valence-electron chi connectivity index (χ1n) is 6.68. The summed E-state index contributed by atoms with van der Waals surface area (Å²) in [5.41, 5.74) is 2.36. The minimum Gasteiger partial charge on any atom is -0.308 e. The molecule has 1 atom stereocenters. The molecular weight excluding hydrogens is 256 g/mol. The Morgan fingerprint density at radius 1 is 1.16 bits per heavy atom. The van der Waals surface area contributed by atoms with Crippen molar-refractivity contribution in [1.82, 2.24) is 10.3 Å². The predicted octanol–water partition coefficient (Wildman–Crippen LogP) is 4.02. The van der Waals surface area contributed by atoms with Gasteiger partial charge in [-0.15, -0.1) is 0 Å². The average Bonchev–Trinajstić information content (AvgIpc) is 2.46. The molecule has 3 heteroatoms. The lowest BCUT2D eigenvalue weighted by Crippen LogP contribution is -2.24. The van der Waals surface area contributed by atoms with Gasteiger partial charge in [-0.2, -0.15) is 0 Å². The summed E-state index contributed by atoms with van der Waals surface area (Å²) >= 11 is 5.92. The Hall–Kier alpha value is -1.38. The molecule has 0 spiro atoms. The van der Waals surface area contributed by atoms with Gasteiger partial charge in [0.25, 0.3) is 0 Å². The van der Waals surface area contributed by atoms with Crippen LogP contribution in [0.1, 0.15) is 30.6 Å². The Morgan fingerprint density at radius 2 is 1.95 bits per heavy atom. The quantitative estimate of drug-likeness (QED) is 0.861. The highest BCUT2D eigenvalue weighted by molar-refractivity contribution is 6.30. The fourth-order valence-corrected chi connectivity index (χ4v) is 2.16. The molecule has 100 valence electrons. The van der Waals surface area contributed by atoms with Crippen molar-refractivity contribution in [3.63, 3.8) is 0 Å². The minimum absolute atomic E-state index is 0.252. The third kappa shape index (κ3) is 4.34. The van der Waals surface area contributed by atoms with Crippen molar-refractivity contribution in [2.75, 3.05) is 6.54 Å². The van der Waals surface area contributed by atoms with Gasteiger partial charge in [0.05, 0.1) is 11.7 Å². The summed E-state index contributed by atoms with van der Waals surface area (Å²) in [6, 6.07) is 14.3. The SMILES string of the molecule is CCCNC(Cc1ccc(Cl)cc1)c1ccccn1. The Balaban J connectivity index is 2.11. The van der Waals surface area contributed by atoms with Crippen LogP contribution in [0.15, 0.2) is 48.7 Å². The normalized spacial score (nSPS) is 12.3. The van der Waals surface area contributed by atoms with Crippen LogP contribution in [-0.4, -0.2) is 11.5 Å². The maximum Gasteiger partial charge on any atom is 0.0576 e. The number of nitrogens with one attached hydrogen (secondary N) is 1. The number of nitrogens with zero attached hydrogens (tertiary/aromatic N) is 1. The van der Waals surface area contributed by atoms with Crippen molar-refractivity contribution in [2.45, 2.75) is 25.8 Å². The third-order valence-electron chi connectivity index (χ3n) is 3.04. The molecule has 0 radical (unpaired) electrons. The molecule has 0 amide bonds. The number of rotatable bonds is 6. The highest BCUT2D eigenvalue weighted by Gasteiger charge is 2.12. The summed E-state index contributed by atoms with van der Waals surface area (Å²) in [6.45, 7) is 3.17. The molecule has 0 fully saturated rings. The van der Waals surface area contributed by atoms with E-state index in [1.165, 1.54) is 5.56 Å². The second-order valence-corrected chi connectivity index (χ2v) is 5.03. The van der Waals surface area contributed by atoms with E-state index in [0.29, 0.717) is 0 Å². The summed E-state index contributed by atoms with van der Waals surface area (Å²) in [5, 5.41) is 4.33. The van der Waals surface area contributed by atoms with E-state index in [4.69, 9.17) is 11.6 Å². The number of hydrogen-bond acceptors (Lipinski definition) is 2. The lowest BCUT2D eigenvalue weighted by molar-refractivity contribution is 0.518. The molecule has 0 saturated heterocycles. The summed E-state index contributed by atoms with van der Waals surface area (Å²) in [5.74, 6) is 0. The van der Waals surface area contributed by atoms with Crippen LogP contribution < -0.4 is 5.32 Å². The smallest absolute Gasteiger partial charge is 0.0576 e. The van der Waals surface area contributed by atoms with Gasteiger partial charge in [-0.3, -0.25) is 4.98 Å². The van der Waals surface area contributed by atoms with Crippen LogP contribution in [0.25, 0.3) is 0 Å². The molecule has 1 N–H and O–H groups in total. The van der Waals surface area contributed by atoms with Gasteiger partial charge in [-0.05, 0) is 49.2 Å². The van der Waals surface area contributed by atoms with Gasteiger partial charge >= 0.3 is 0 Å². The molecule has 0 aliphatic carbocycles. The Bertz CT molecular complexity index is 482. The van der Waals surface area contributed by atoms with Crippen LogP contribution in [-0.2, 0) is 6.42 Å². The van der Waals surface area contributed by atoms with Crippen molar-refractivity contribution in [3.05, 3.63) is 64.9 Å². The van der Waals surface area contributed by atoms with E-state index in [2.05, 4.69) is 35.4 Å². The molecular formula is C16H19ClN2. The van der Waals surface area contributed by atoms with Gasteiger partial charge < -0.3 is 5.32 Å². The molecule has 0 aliphatic heterocycles. The number of pyridine rings is 1. The molecule has 1 heterocycles. The van der Waals surface area contributed by atoms with Crippen molar-refractivity contribution in [1.29, 1.82) is 0 Å². The van der Waals surface area contributed by atoms with Crippen molar-refractivity contribution >= 4 is 11.6 Å². The molecule has 1 aromatic heterocycles. The standard InChI is InChI=1S/C16H19ClN2/c1-2-10-18-16(15-5-3-4-11-19-15)12-13-6-8-14(17)9-7-13/h3-9,11,16,18H,2,10,12H2,1H3. The maximum absolute atomic E-state index is 5.92. The molecule has 1 aromatic carbocycles. The van der Waals surface area contributed by atoms with Crippen LogP contribution in [0.4, 0.5) is 0 Å². The highest BCUT2D eigenvalue weighted by atomic mass is 35.5. The van der Waals surface area contributed by atoms with E-state index in [9.17, 15) is 0 Å². The fourth-order valence-electron chi connectivity index (χ4n) is 2.04. The van der Waals surface area contributed by atoms with Crippen molar-refractivity contribution < 1.29 is 0 Å². The monoisotopic (exact) mass is 274 g/mol. The first kappa shape index (κ1) is 14.0. The van der Waals surface area contributed by atoms with Crippen LogP contribution in [0, 0.1) is 0 Å². The molecule has 0 bridgehead atoms. The maximum atomic E-state index is 5.92. The average molecular weight is 275 g/mol. The number of halogens is 1. The number of aromatic nitrogens is 1. The summed E-state index contributed by atoms with van der Waals surface area (Å²) in [4.78, 5) is 4.46. The van der Waals surface area contributed by atoms with Gasteiger partial charge in [0.1, 0.15) is 0 Å². The first-order valence-corrected chi connectivity index (χ1v) is 7.06. The molecule has 19 heavy (non-hydrogen) atoms. The van der Waals surface area contributed by atoms with E-state index >= 15 is 0 Å². The number of hydrogen-bond donors (Lipinski definition) is 1.